The van der Waals surface area contributed by atoms with Crippen molar-refractivity contribution in [3.05, 3.63) is 11.9 Å². The number of aromatic nitrogens is 2. The zero-order valence-corrected chi connectivity index (χ0v) is 13.0. The summed E-state index contributed by atoms with van der Waals surface area (Å²) in [5.74, 6) is 1.89. The lowest BCUT2D eigenvalue weighted by atomic mass is 10.0. The van der Waals surface area contributed by atoms with Crippen LogP contribution in [0.25, 0.3) is 0 Å². The smallest absolute Gasteiger partial charge is 0.239 e. The average molecular weight is 279 g/mol. The number of rotatable bonds is 7. The highest BCUT2D eigenvalue weighted by Crippen LogP contribution is 2.29. The van der Waals surface area contributed by atoms with E-state index in [1.165, 1.54) is 6.33 Å². The summed E-state index contributed by atoms with van der Waals surface area (Å²) in [5, 5.41) is 5.95. The molecular weight excluding hydrogens is 254 g/mol. The van der Waals surface area contributed by atoms with Crippen LogP contribution in [0.2, 0.25) is 0 Å². The van der Waals surface area contributed by atoms with E-state index in [9.17, 15) is 4.79 Å². The van der Waals surface area contributed by atoms with E-state index in [0.717, 1.165) is 23.6 Å². The van der Waals surface area contributed by atoms with Crippen LogP contribution in [0.3, 0.4) is 0 Å². The second-order valence-corrected chi connectivity index (χ2v) is 5.07. The third-order valence-electron chi connectivity index (χ3n) is 2.99. The van der Waals surface area contributed by atoms with Gasteiger partial charge >= 0.3 is 0 Å². The van der Waals surface area contributed by atoms with E-state index in [1.54, 1.807) is 0 Å². The molecule has 1 aromatic heterocycles. The second-order valence-electron chi connectivity index (χ2n) is 5.07. The van der Waals surface area contributed by atoms with Crippen molar-refractivity contribution in [2.45, 2.75) is 33.1 Å². The van der Waals surface area contributed by atoms with Crippen LogP contribution in [0, 0.1) is 0 Å². The molecule has 2 N–H and O–H groups in total. The van der Waals surface area contributed by atoms with Gasteiger partial charge in [-0.25, -0.2) is 9.97 Å². The highest BCUT2D eigenvalue weighted by Gasteiger charge is 2.18. The monoisotopic (exact) mass is 279 g/mol. The number of nitrogens with one attached hydrogen (secondary N) is 2. The lowest BCUT2D eigenvalue weighted by Gasteiger charge is -2.23. The maximum Gasteiger partial charge on any atom is 0.239 e. The Bertz CT molecular complexity index is 447. The zero-order valence-electron chi connectivity index (χ0n) is 13.0. The van der Waals surface area contributed by atoms with Crippen LogP contribution >= 0.6 is 0 Å². The van der Waals surface area contributed by atoms with Gasteiger partial charge in [-0.3, -0.25) is 4.79 Å². The first-order valence-corrected chi connectivity index (χ1v) is 7.01. The van der Waals surface area contributed by atoms with Crippen molar-refractivity contribution in [3.8, 4) is 0 Å². The van der Waals surface area contributed by atoms with Gasteiger partial charge in [-0.05, 0) is 12.3 Å². The molecule has 20 heavy (non-hydrogen) atoms. The van der Waals surface area contributed by atoms with Crippen LogP contribution < -0.4 is 15.5 Å². The quantitative estimate of drug-likeness (QED) is 0.793. The van der Waals surface area contributed by atoms with Gasteiger partial charge in [0.2, 0.25) is 5.91 Å². The fourth-order valence-corrected chi connectivity index (χ4v) is 2.03. The Morgan fingerprint density at radius 3 is 2.65 bits per heavy atom. The zero-order chi connectivity index (χ0) is 15.1. The van der Waals surface area contributed by atoms with Crippen LogP contribution in [0.1, 0.15) is 38.7 Å². The van der Waals surface area contributed by atoms with E-state index < -0.39 is 0 Å². The van der Waals surface area contributed by atoms with E-state index in [1.807, 2.05) is 25.9 Å². The first kappa shape index (κ1) is 16.2. The minimum atomic E-state index is 0.00803. The third kappa shape index (κ3) is 4.08. The number of carbonyl (C=O) groups excluding carboxylic acids is 1. The summed E-state index contributed by atoms with van der Waals surface area (Å²) in [4.78, 5) is 22.3. The van der Waals surface area contributed by atoms with Gasteiger partial charge in [-0.2, -0.15) is 0 Å². The number of carbonyl (C=O) groups is 1. The molecule has 0 radical (unpaired) electrons. The summed E-state index contributed by atoms with van der Waals surface area (Å²) in [7, 11) is 3.71. The number of nitrogens with zero attached hydrogens (tertiary/aromatic N) is 3. The predicted molar refractivity (Wildman–Crippen MR) is 82.2 cm³/mol. The normalized spacial score (nSPS) is 10.5. The van der Waals surface area contributed by atoms with Crippen molar-refractivity contribution in [2.75, 3.05) is 37.4 Å². The van der Waals surface area contributed by atoms with Crippen molar-refractivity contribution in [2.24, 2.45) is 0 Å². The van der Waals surface area contributed by atoms with Gasteiger partial charge < -0.3 is 15.5 Å². The van der Waals surface area contributed by atoms with Gasteiger partial charge in [0.15, 0.2) is 0 Å². The number of anilines is 2. The van der Waals surface area contributed by atoms with E-state index in [0.29, 0.717) is 13.1 Å². The Labute approximate surface area is 121 Å². The predicted octanol–water partition coefficient (Wildman–Crippen LogP) is 1.60. The molecule has 1 rings (SSSR count). The number of amides is 1. The van der Waals surface area contributed by atoms with Crippen molar-refractivity contribution in [1.82, 2.24) is 15.3 Å². The van der Waals surface area contributed by atoms with Crippen molar-refractivity contribution >= 4 is 17.5 Å². The Morgan fingerprint density at radius 1 is 1.40 bits per heavy atom. The highest BCUT2D eigenvalue weighted by atomic mass is 16.2. The van der Waals surface area contributed by atoms with E-state index in [2.05, 4.69) is 34.4 Å². The lowest BCUT2D eigenvalue weighted by Crippen LogP contribution is -2.36. The molecule has 0 unspecified atom stereocenters. The lowest BCUT2D eigenvalue weighted by molar-refractivity contribution is -0.119. The van der Waals surface area contributed by atoms with Gasteiger partial charge in [-0.1, -0.05) is 20.8 Å². The maximum atomic E-state index is 11.8. The highest BCUT2D eigenvalue weighted by molar-refractivity contribution is 5.81. The molecule has 0 aliphatic carbocycles. The SMILES string of the molecule is CCCNC(=O)CN(C)c1ncnc(NC)c1C(C)C. The molecule has 0 aliphatic heterocycles. The van der Waals surface area contributed by atoms with E-state index in [4.69, 9.17) is 0 Å². The summed E-state index contributed by atoms with van der Waals surface area (Å²) in [6, 6.07) is 0. The summed E-state index contributed by atoms with van der Waals surface area (Å²) in [6.07, 6.45) is 2.46. The molecule has 6 heteroatoms. The average Bonchev–Trinajstić information content (AvgIpc) is 2.43. The Kier molecular flexibility index (Phi) is 6.21. The summed E-state index contributed by atoms with van der Waals surface area (Å²) in [6.45, 7) is 7.21. The fourth-order valence-electron chi connectivity index (χ4n) is 2.03. The molecule has 0 spiro atoms. The summed E-state index contributed by atoms with van der Waals surface area (Å²) in [5.41, 5.74) is 1.03. The molecular formula is C14H25N5O. The number of hydrogen-bond donors (Lipinski definition) is 2. The topological polar surface area (TPSA) is 70.2 Å². The van der Waals surface area contributed by atoms with Gasteiger partial charge in [0.05, 0.1) is 6.54 Å². The van der Waals surface area contributed by atoms with Crippen LogP contribution in [0.4, 0.5) is 11.6 Å². The van der Waals surface area contributed by atoms with E-state index >= 15 is 0 Å². The molecule has 0 atom stereocenters. The van der Waals surface area contributed by atoms with Crippen molar-refractivity contribution < 1.29 is 4.79 Å². The molecule has 0 saturated carbocycles. The first-order chi connectivity index (χ1) is 9.51. The summed E-state index contributed by atoms with van der Waals surface area (Å²) < 4.78 is 0. The molecule has 1 amide bonds. The van der Waals surface area contributed by atoms with Crippen LogP contribution in [0.15, 0.2) is 6.33 Å². The van der Waals surface area contributed by atoms with Crippen LogP contribution in [0.5, 0.6) is 0 Å². The van der Waals surface area contributed by atoms with Crippen molar-refractivity contribution in [3.63, 3.8) is 0 Å². The van der Waals surface area contributed by atoms with Gasteiger partial charge in [0.25, 0.3) is 0 Å². The minimum absolute atomic E-state index is 0.00803. The molecule has 1 heterocycles. The van der Waals surface area contributed by atoms with Crippen LogP contribution in [-0.2, 0) is 4.79 Å². The molecule has 6 nitrogen and oxygen atoms in total. The van der Waals surface area contributed by atoms with Gasteiger partial charge in [-0.15, -0.1) is 0 Å². The Hall–Kier alpha value is -1.85. The second kappa shape index (κ2) is 7.67. The molecule has 0 fully saturated rings. The largest absolute Gasteiger partial charge is 0.373 e. The molecule has 0 aromatic carbocycles. The molecule has 1 aromatic rings. The van der Waals surface area contributed by atoms with Crippen molar-refractivity contribution in [1.29, 1.82) is 0 Å². The van der Waals surface area contributed by atoms with E-state index in [-0.39, 0.29) is 11.8 Å². The number of likely N-dealkylation sites (N-methyl/N-ethyl adjacent to an activating group) is 1. The van der Waals surface area contributed by atoms with Gasteiger partial charge in [0.1, 0.15) is 18.0 Å². The molecule has 112 valence electrons. The Morgan fingerprint density at radius 2 is 2.10 bits per heavy atom. The standard InChI is InChI=1S/C14H25N5O/c1-6-7-16-11(20)8-19(5)14-12(10(2)3)13(15-4)17-9-18-14/h9-10H,6-8H2,1-5H3,(H,16,20)(H,15,17,18). The Balaban J connectivity index is 2.92. The fraction of sp³-hybridized carbons (Fsp3) is 0.643. The molecule has 0 saturated heterocycles. The minimum Gasteiger partial charge on any atom is -0.373 e. The van der Waals surface area contributed by atoms with Crippen LogP contribution in [-0.4, -0.2) is 43.1 Å². The first-order valence-electron chi connectivity index (χ1n) is 7.01. The third-order valence-corrected chi connectivity index (χ3v) is 2.99. The maximum absolute atomic E-state index is 11.8. The summed E-state index contributed by atoms with van der Waals surface area (Å²) >= 11 is 0. The molecule has 0 bridgehead atoms. The molecule has 0 aliphatic rings. The van der Waals surface area contributed by atoms with Gasteiger partial charge in [0, 0.05) is 26.2 Å². The number of hydrogen-bond acceptors (Lipinski definition) is 5.